The molecule has 0 spiro atoms. The first-order valence-electron chi connectivity index (χ1n) is 5.69. The zero-order valence-electron chi connectivity index (χ0n) is 10.4. The standard InChI is InChI=1S/C14H17NO2S/c1-17-14(16)13(15)9-11-18-10-5-8-12-6-3-2-4-7-12/h2-4,6-7,13H,9-11,15H2,1H3. The number of ether oxygens (including phenoxy) is 1. The molecule has 1 aromatic carbocycles. The summed E-state index contributed by atoms with van der Waals surface area (Å²) >= 11 is 1.67. The lowest BCUT2D eigenvalue weighted by molar-refractivity contribution is -0.142. The number of hydrogen-bond donors (Lipinski definition) is 1. The van der Waals surface area contributed by atoms with E-state index in [4.69, 9.17) is 5.73 Å². The second-order valence-electron chi connectivity index (χ2n) is 3.64. The normalized spacial score (nSPS) is 11.2. The van der Waals surface area contributed by atoms with Crippen LogP contribution in [0.2, 0.25) is 0 Å². The minimum Gasteiger partial charge on any atom is -0.468 e. The van der Waals surface area contributed by atoms with Crippen LogP contribution in [0.5, 0.6) is 0 Å². The number of rotatable bonds is 5. The number of thioether (sulfide) groups is 1. The van der Waals surface area contributed by atoms with E-state index >= 15 is 0 Å². The molecule has 0 fully saturated rings. The second kappa shape index (κ2) is 8.62. The Hall–Kier alpha value is -1.44. The number of esters is 1. The summed E-state index contributed by atoms with van der Waals surface area (Å²) in [5.74, 6) is 7.34. The molecule has 0 amide bonds. The first-order valence-corrected chi connectivity index (χ1v) is 6.84. The fourth-order valence-corrected chi connectivity index (χ4v) is 2.00. The largest absolute Gasteiger partial charge is 0.468 e. The lowest BCUT2D eigenvalue weighted by atomic mass is 10.2. The molecule has 0 aliphatic rings. The average Bonchev–Trinajstić information content (AvgIpc) is 2.42. The van der Waals surface area contributed by atoms with Gasteiger partial charge in [-0.2, -0.15) is 0 Å². The maximum atomic E-state index is 11.0. The van der Waals surface area contributed by atoms with Crippen molar-refractivity contribution in [3.8, 4) is 11.8 Å². The fraction of sp³-hybridized carbons (Fsp3) is 0.357. The molecule has 1 atom stereocenters. The van der Waals surface area contributed by atoms with Crippen molar-refractivity contribution in [3.05, 3.63) is 35.9 Å². The molecule has 18 heavy (non-hydrogen) atoms. The van der Waals surface area contributed by atoms with Crippen LogP contribution in [-0.2, 0) is 9.53 Å². The van der Waals surface area contributed by atoms with Gasteiger partial charge < -0.3 is 10.5 Å². The van der Waals surface area contributed by atoms with Crippen molar-refractivity contribution in [1.29, 1.82) is 0 Å². The van der Waals surface area contributed by atoms with Gasteiger partial charge in [0.05, 0.1) is 12.9 Å². The number of benzene rings is 1. The van der Waals surface area contributed by atoms with E-state index in [0.717, 1.165) is 17.1 Å². The molecule has 96 valence electrons. The highest BCUT2D eigenvalue weighted by Gasteiger charge is 2.12. The van der Waals surface area contributed by atoms with Crippen LogP contribution in [0.4, 0.5) is 0 Å². The molecule has 1 unspecified atom stereocenters. The van der Waals surface area contributed by atoms with E-state index in [-0.39, 0.29) is 5.97 Å². The highest BCUT2D eigenvalue weighted by Crippen LogP contribution is 2.04. The van der Waals surface area contributed by atoms with Crippen molar-refractivity contribution in [1.82, 2.24) is 0 Å². The molecular weight excluding hydrogens is 246 g/mol. The number of hydrogen-bond acceptors (Lipinski definition) is 4. The minimum atomic E-state index is -0.524. The van der Waals surface area contributed by atoms with E-state index in [9.17, 15) is 4.79 Å². The lowest BCUT2D eigenvalue weighted by Crippen LogP contribution is -2.31. The van der Waals surface area contributed by atoms with Crippen LogP contribution < -0.4 is 5.73 Å². The first-order chi connectivity index (χ1) is 8.74. The Morgan fingerprint density at radius 1 is 1.44 bits per heavy atom. The van der Waals surface area contributed by atoms with Crippen molar-refractivity contribution < 1.29 is 9.53 Å². The van der Waals surface area contributed by atoms with Gasteiger partial charge in [-0.3, -0.25) is 4.79 Å². The van der Waals surface area contributed by atoms with Gasteiger partial charge in [0.15, 0.2) is 0 Å². The van der Waals surface area contributed by atoms with Gasteiger partial charge in [0.25, 0.3) is 0 Å². The second-order valence-corrected chi connectivity index (χ2v) is 4.74. The molecule has 4 heteroatoms. The van der Waals surface area contributed by atoms with E-state index < -0.39 is 6.04 Å². The van der Waals surface area contributed by atoms with Crippen LogP contribution in [-0.4, -0.2) is 30.6 Å². The zero-order chi connectivity index (χ0) is 13.2. The summed E-state index contributed by atoms with van der Waals surface area (Å²) in [4.78, 5) is 11.0. The topological polar surface area (TPSA) is 52.3 Å². The van der Waals surface area contributed by atoms with Crippen LogP contribution in [0.1, 0.15) is 12.0 Å². The summed E-state index contributed by atoms with van der Waals surface area (Å²) in [6, 6.07) is 9.33. The Morgan fingerprint density at radius 2 is 2.17 bits per heavy atom. The van der Waals surface area contributed by atoms with E-state index in [1.165, 1.54) is 7.11 Å². The molecule has 0 saturated heterocycles. The number of carbonyl (C=O) groups is 1. The summed E-state index contributed by atoms with van der Waals surface area (Å²) in [5.41, 5.74) is 6.63. The van der Waals surface area contributed by atoms with Crippen molar-refractivity contribution in [3.63, 3.8) is 0 Å². The molecule has 0 aliphatic carbocycles. The summed E-state index contributed by atoms with van der Waals surface area (Å²) in [7, 11) is 1.35. The lowest BCUT2D eigenvalue weighted by Gasteiger charge is -2.07. The maximum Gasteiger partial charge on any atom is 0.322 e. The zero-order valence-corrected chi connectivity index (χ0v) is 11.2. The van der Waals surface area contributed by atoms with E-state index in [0.29, 0.717) is 6.42 Å². The SMILES string of the molecule is COC(=O)C(N)CCSCC#Cc1ccccc1. The number of methoxy groups -OCH3 is 1. The summed E-state index contributed by atoms with van der Waals surface area (Å²) < 4.78 is 4.55. The molecule has 1 rings (SSSR count). The van der Waals surface area contributed by atoms with Gasteiger partial charge in [-0.15, -0.1) is 11.8 Å². The third-order valence-corrected chi connectivity index (χ3v) is 3.13. The fourth-order valence-electron chi connectivity index (χ4n) is 1.26. The quantitative estimate of drug-likeness (QED) is 0.499. The Kier molecular flexibility index (Phi) is 7.00. The van der Waals surface area contributed by atoms with Gasteiger partial charge in [0.2, 0.25) is 0 Å². The van der Waals surface area contributed by atoms with Crippen molar-refractivity contribution in [2.24, 2.45) is 5.73 Å². The Labute approximate surface area is 112 Å². The molecular formula is C14H17NO2S. The van der Waals surface area contributed by atoms with Crippen molar-refractivity contribution in [2.75, 3.05) is 18.6 Å². The molecule has 0 aromatic heterocycles. The Balaban J connectivity index is 2.16. The number of nitrogens with two attached hydrogens (primary N) is 1. The third kappa shape index (κ3) is 5.76. The van der Waals surface area contributed by atoms with E-state index in [1.54, 1.807) is 11.8 Å². The Bertz CT molecular complexity index is 422. The van der Waals surface area contributed by atoms with Gasteiger partial charge in [0, 0.05) is 5.56 Å². The maximum absolute atomic E-state index is 11.0. The summed E-state index contributed by atoms with van der Waals surface area (Å²) in [6.07, 6.45) is 0.615. The first kappa shape index (κ1) is 14.6. The molecule has 0 heterocycles. The van der Waals surface area contributed by atoms with Gasteiger partial charge in [-0.25, -0.2) is 0 Å². The molecule has 0 bridgehead atoms. The van der Waals surface area contributed by atoms with Crippen LogP contribution in [0.25, 0.3) is 0 Å². The Morgan fingerprint density at radius 3 is 2.83 bits per heavy atom. The van der Waals surface area contributed by atoms with E-state index in [2.05, 4.69) is 16.6 Å². The molecule has 1 aromatic rings. The molecule has 0 radical (unpaired) electrons. The van der Waals surface area contributed by atoms with E-state index in [1.807, 2.05) is 30.3 Å². The van der Waals surface area contributed by atoms with Crippen LogP contribution in [0.3, 0.4) is 0 Å². The summed E-state index contributed by atoms with van der Waals surface area (Å²) in [5, 5.41) is 0. The third-order valence-electron chi connectivity index (χ3n) is 2.26. The molecule has 2 N–H and O–H groups in total. The van der Waals surface area contributed by atoms with Crippen LogP contribution >= 0.6 is 11.8 Å². The molecule has 0 saturated carbocycles. The van der Waals surface area contributed by atoms with Crippen molar-refractivity contribution >= 4 is 17.7 Å². The van der Waals surface area contributed by atoms with Crippen molar-refractivity contribution in [2.45, 2.75) is 12.5 Å². The summed E-state index contributed by atoms with van der Waals surface area (Å²) in [6.45, 7) is 0. The monoisotopic (exact) mass is 263 g/mol. The predicted octanol–water partition coefficient (Wildman–Crippen LogP) is 1.66. The van der Waals surface area contributed by atoms with Gasteiger partial charge in [-0.1, -0.05) is 30.0 Å². The molecule has 3 nitrogen and oxygen atoms in total. The predicted molar refractivity (Wildman–Crippen MR) is 75.3 cm³/mol. The smallest absolute Gasteiger partial charge is 0.322 e. The van der Waals surface area contributed by atoms with Gasteiger partial charge in [0.1, 0.15) is 6.04 Å². The van der Waals surface area contributed by atoms with Gasteiger partial charge in [-0.05, 0) is 24.3 Å². The highest BCUT2D eigenvalue weighted by atomic mass is 32.2. The minimum absolute atomic E-state index is 0.356. The van der Waals surface area contributed by atoms with Crippen LogP contribution in [0, 0.1) is 11.8 Å². The molecule has 0 aliphatic heterocycles. The van der Waals surface area contributed by atoms with Gasteiger partial charge >= 0.3 is 5.97 Å². The average molecular weight is 263 g/mol. The number of carbonyl (C=O) groups excluding carboxylic acids is 1. The van der Waals surface area contributed by atoms with Crippen LogP contribution in [0.15, 0.2) is 30.3 Å². The highest BCUT2D eigenvalue weighted by molar-refractivity contribution is 7.99.